The zero-order valence-corrected chi connectivity index (χ0v) is 12.1. The zero-order chi connectivity index (χ0) is 15.4. The summed E-state index contributed by atoms with van der Waals surface area (Å²) in [6.07, 6.45) is 0.702. The van der Waals surface area contributed by atoms with Crippen LogP contribution in [0.15, 0.2) is 18.2 Å². The van der Waals surface area contributed by atoms with E-state index in [0.717, 1.165) is 6.42 Å². The van der Waals surface area contributed by atoms with Crippen molar-refractivity contribution in [3.63, 3.8) is 0 Å². The Hall–Kier alpha value is -2.15. The quantitative estimate of drug-likeness (QED) is 0.639. The predicted octanol–water partition coefficient (Wildman–Crippen LogP) is 1.93. The fourth-order valence-electron chi connectivity index (χ4n) is 2.41. The van der Waals surface area contributed by atoms with Crippen LogP contribution in [0.4, 0.5) is 11.4 Å². The van der Waals surface area contributed by atoms with Crippen LogP contribution in [-0.4, -0.2) is 36.1 Å². The van der Waals surface area contributed by atoms with Crippen molar-refractivity contribution in [1.29, 1.82) is 0 Å². The molecule has 114 valence electrons. The van der Waals surface area contributed by atoms with E-state index in [1.54, 1.807) is 6.07 Å². The van der Waals surface area contributed by atoms with Crippen molar-refractivity contribution in [2.45, 2.75) is 32.4 Å². The Morgan fingerprint density at radius 1 is 1.52 bits per heavy atom. The van der Waals surface area contributed by atoms with Crippen LogP contribution in [0, 0.1) is 10.1 Å². The first-order chi connectivity index (χ1) is 10.0. The average Bonchev–Trinajstić information content (AvgIpc) is 2.84. The molecule has 1 aromatic rings. The number of carbonyl (C=O) groups is 1. The Morgan fingerprint density at radius 3 is 2.86 bits per heavy atom. The van der Waals surface area contributed by atoms with E-state index in [1.165, 1.54) is 12.1 Å². The van der Waals surface area contributed by atoms with E-state index in [1.807, 2.05) is 13.8 Å². The number of nitro benzene ring substituents is 1. The van der Waals surface area contributed by atoms with Crippen molar-refractivity contribution in [3.05, 3.63) is 33.9 Å². The fourth-order valence-corrected chi connectivity index (χ4v) is 2.41. The molecule has 0 radical (unpaired) electrons. The highest BCUT2D eigenvalue weighted by atomic mass is 16.6. The normalized spacial score (nSPS) is 21.0. The molecule has 7 heteroatoms. The van der Waals surface area contributed by atoms with Crippen molar-refractivity contribution < 1.29 is 14.5 Å². The summed E-state index contributed by atoms with van der Waals surface area (Å²) in [7, 11) is 0. The van der Waals surface area contributed by atoms with Crippen molar-refractivity contribution in [3.8, 4) is 0 Å². The molecule has 0 aliphatic carbocycles. The number of hydrogen-bond acceptors (Lipinski definition) is 5. The second-order valence-corrected chi connectivity index (χ2v) is 4.93. The first-order valence-corrected chi connectivity index (χ1v) is 6.98. The van der Waals surface area contributed by atoms with Gasteiger partial charge in [-0.1, -0.05) is 6.07 Å². The molecule has 1 heterocycles. The monoisotopic (exact) mass is 293 g/mol. The van der Waals surface area contributed by atoms with Gasteiger partial charge in [0.05, 0.1) is 22.6 Å². The lowest BCUT2D eigenvalue weighted by atomic mass is 10.1. The standard InChI is InChI=1S/C14H19N3O4/c1-3-15-13-10(5-4-6-12(13)17(19)20)14(18)16-11-7-8-21-9(11)2/h4-6,9,11,15H,3,7-8H2,1-2H3,(H,16,18). The van der Waals surface area contributed by atoms with Crippen LogP contribution in [0.2, 0.25) is 0 Å². The van der Waals surface area contributed by atoms with Gasteiger partial charge in [0.15, 0.2) is 0 Å². The number of nitro groups is 1. The maximum absolute atomic E-state index is 12.4. The molecule has 21 heavy (non-hydrogen) atoms. The summed E-state index contributed by atoms with van der Waals surface area (Å²) in [6, 6.07) is 4.42. The molecule has 1 aliphatic heterocycles. The third-order valence-corrected chi connectivity index (χ3v) is 3.53. The fraction of sp³-hybridized carbons (Fsp3) is 0.500. The van der Waals surface area contributed by atoms with Crippen molar-refractivity contribution >= 4 is 17.3 Å². The zero-order valence-electron chi connectivity index (χ0n) is 12.1. The van der Waals surface area contributed by atoms with Crippen LogP contribution in [0.5, 0.6) is 0 Å². The minimum atomic E-state index is -0.490. The summed E-state index contributed by atoms with van der Waals surface area (Å²) in [6.45, 7) is 4.83. The first kappa shape index (κ1) is 15.2. The lowest BCUT2D eigenvalue weighted by Gasteiger charge is -2.17. The highest BCUT2D eigenvalue weighted by Crippen LogP contribution is 2.28. The third kappa shape index (κ3) is 3.30. The molecule has 1 fully saturated rings. The maximum Gasteiger partial charge on any atom is 0.293 e. The van der Waals surface area contributed by atoms with E-state index in [9.17, 15) is 14.9 Å². The Balaban J connectivity index is 2.27. The Morgan fingerprint density at radius 2 is 2.29 bits per heavy atom. The molecule has 7 nitrogen and oxygen atoms in total. The summed E-state index contributed by atoms with van der Waals surface area (Å²) >= 11 is 0. The number of amides is 1. The lowest BCUT2D eigenvalue weighted by molar-refractivity contribution is -0.384. The van der Waals surface area contributed by atoms with Gasteiger partial charge in [-0.3, -0.25) is 14.9 Å². The summed E-state index contributed by atoms with van der Waals surface area (Å²) in [5.74, 6) is -0.322. The molecule has 2 unspecified atom stereocenters. The molecule has 2 atom stereocenters. The van der Waals surface area contributed by atoms with Crippen LogP contribution in [0.25, 0.3) is 0 Å². The lowest BCUT2D eigenvalue weighted by Crippen LogP contribution is -2.39. The van der Waals surface area contributed by atoms with Gasteiger partial charge in [-0.05, 0) is 26.3 Å². The number of nitrogens with one attached hydrogen (secondary N) is 2. The molecule has 1 amide bonds. The van der Waals surface area contributed by atoms with Gasteiger partial charge in [0.25, 0.3) is 11.6 Å². The Bertz CT molecular complexity index is 547. The maximum atomic E-state index is 12.4. The van der Waals surface area contributed by atoms with Gasteiger partial charge in [0.1, 0.15) is 5.69 Å². The molecule has 1 aromatic carbocycles. The third-order valence-electron chi connectivity index (χ3n) is 3.53. The SMILES string of the molecule is CCNc1c(C(=O)NC2CCOC2C)cccc1[N+](=O)[O-]. The average molecular weight is 293 g/mol. The van der Waals surface area contributed by atoms with E-state index in [0.29, 0.717) is 13.2 Å². The van der Waals surface area contributed by atoms with Crippen LogP contribution >= 0.6 is 0 Å². The molecule has 0 aromatic heterocycles. The largest absolute Gasteiger partial charge is 0.379 e. The Labute approximate surface area is 122 Å². The van der Waals surface area contributed by atoms with E-state index in [-0.39, 0.29) is 35.0 Å². The van der Waals surface area contributed by atoms with Crippen LogP contribution in [0.1, 0.15) is 30.6 Å². The van der Waals surface area contributed by atoms with Crippen LogP contribution in [0.3, 0.4) is 0 Å². The van der Waals surface area contributed by atoms with Gasteiger partial charge >= 0.3 is 0 Å². The highest BCUT2D eigenvalue weighted by Gasteiger charge is 2.28. The van der Waals surface area contributed by atoms with E-state index >= 15 is 0 Å². The van der Waals surface area contributed by atoms with E-state index in [4.69, 9.17) is 4.74 Å². The topological polar surface area (TPSA) is 93.5 Å². The highest BCUT2D eigenvalue weighted by molar-refractivity contribution is 6.01. The van der Waals surface area contributed by atoms with E-state index < -0.39 is 4.92 Å². The number of para-hydroxylation sites is 1. The summed E-state index contributed by atoms with van der Waals surface area (Å²) in [5.41, 5.74) is 0.444. The van der Waals surface area contributed by atoms with Crippen molar-refractivity contribution in [2.24, 2.45) is 0 Å². The number of ether oxygens (including phenoxy) is 1. The van der Waals surface area contributed by atoms with Crippen molar-refractivity contribution in [2.75, 3.05) is 18.5 Å². The van der Waals surface area contributed by atoms with Crippen molar-refractivity contribution in [1.82, 2.24) is 5.32 Å². The molecule has 1 saturated heterocycles. The molecule has 1 aliphatic rings. The summed E-state index contributed by atoms with van der Waals surface area (Å²) in [5, 5.41) is 16.9. The number of carbonyl (C=O) groups excluding carboxylic acids is 1. The van der Waals surface area contributed by atoms with Gasteiger partial charge in [-0.25, -0.2) is 0 Å². The molecular weight excluding hydrogens is 274 g/mol. The number of nitrogens with zero attached hydrogens (tertiary/aromatic N) is 1. The Kier molecular flexibility index (Phi) is 4.74. The van der Waals surface area contributed by atoms with Gasteiger partial charge in [0, 0.05) is 19.2 Å². The van der Waals surface area contributed by atoms with Gasteiger partial charge in [-0.2, -0.15) is 0 Å². The second-order valence-electron chi connectivity index (χ2n) is 4.93. The number of benzene rings is 1. The second kappa shape index (κ2) is 6.53. The minimum absolute atomic E-state index is 0.0461. The summed E-state index contributed by atoms with van der Waals surface area (Å²) in [4.78, 5) is 23.0. The van der Waals surface area contributed by atoms with Gasteiger partial charge in [0.2, 0.25) is 0 Å². The minimum Gasteiger partial charge on any atom is -0.379 e. The first-order valence-electron chi connectivity index (χ1n) is 6.98. The molecule has 0 bridgehead atoms. The van der Waals surface area contributed by atoms with Crippen LogP contribution < -0.4 is 10.6 Å². The van der Waals surface area contributed by atoms with Gasteiger partial charge < -0.3 is 15.4 Å². The van der Waals surface area contributed by atoms with Crippen LogP contribution in [-0.2, 0) is 4.74 Å². The molecule has 0 saturated carbocycles. The molecule has 2 rings (SSSR count). The predicted molar refractivity (Wildman–Crippen MR) is 78.5 cm³/mol. The van der Waals surface area contributed by atoms with E-state index in [2.05, 4.69) is 10.6 Å². The number of hydrogen-bond donors (Lipinski definition) is 2. The summed E-state index contributed by atoms with van der Waals surface area (Å²) < 4.78 is 5.40. The molecule has 0 spiro atoms. The molecule has 2 N–H and O–H groups in total. The smallest absolute Gasteiger partial charge is 0.293 e. The number of rotatable bonds is 5. The molecular formula is C14H19N3O4. The number of anilines is 1. The van der Waals surface area contributed by atoms with Gasteiger partial charge in [-0.15, -0.1) is 0 Å².